The maximum Gasteiger partial charge on any atom is 0.0551 e. The minimum absolute atomic E-state index is 0.141. The summed E-state index contributed by atoms with van der Waals surface area (Å²) >= 11 is 9.77. The van der Waals surface area contributed by atoms with E-state index in [0.29, 0.717) is 6.54 Å². The summed E-state index contributed by atoms with van der Waals surface area (Å²) in [4.78, 5) is 0. The van der Waals surface area contributed by atoms with Gasteiger partial charge in [-0.2, -0.15) is 0 Å². The quantitative estimate of drug-likeness (QED) is 0.868. The van der Waals surface area contributed by atoms with Crippen molar-refractivity contribution >= 4 is 27.5 Å². The Morgan fingerprint density at radius 3 is 2.56 bits per heavy atom. The van der Waals surface area contributed by atoms with Crippen LogP contribution in [-0.2, 0) is 5.41 Å². The highest BCUT2D eigenvalue weighted by atomic mass is 79.9. The van der Waals surface area contributed by atoms with Crippen LogP contribution in [-0.4, -0.2) is 6.54 Å². The summed E-state index contributed by atoms with van der Waals surface area (Å²) in [5.74, 6) is 0. The lowest BCUT2D eigenvalue weighted by molar-refractivity contribution is 0.300. The number of halogens is 2. The second-order valence-electron chi connectivity index (χ2n) is 4.65. The average molecular weight is 303 g/mol. The Labute approximate surface area is 110 Å². The van der Waals surface area contributed by atoms with Gasteiger partial charge < -0.3 is 5.73 Å². The summed E-state index contributed by atoms with van der Waals surface area (Å²) in [6, 6.07) is 6.10. The lowest BCUT2D eigenvalue weighted by Crippen LogP contribution is -2.37. The third-order valence-electron chi connectivity index (χ3n) is 3.72. The fourth-order valence-corrected chi connectivity index (χ4v) is 3.58. The van der Waals surface area contributed by atoms with Crippen LogP contribution in [0.25, 0.3) is 0 Å². The molecule has 0 atom stereocenters. The molecule has 0 saturated heterocycles. The third kappa shape index (κ3) is 2.15. The number of hydrogen-bond donors (Lipinski definition) is 1. The normalized spacial score (nSPS) is 19.7. The maximum atomic E-state index is 6.16. The summed E-state index contributed by atoms with van der Waals surface area (Å²) in [7, 11) is 0. The van der Waals surface area contributed by atoms with Crippen molar-refractivity contribution in [2.24, 2.45) is 5.73 Å². The van der Waals surface area contributed by atoms with E-state index < -0.39 is 0 Å². The first kappa shape index (κ1) is 12.4. The molecule has 0 amide bonds. The summed E-state index contributed by atoms with van der Waals surface area (Å²) in [6.45, 7) is 0.714. The summed E-state index contributed by atoms with van der Waals surface area (Å²) < 4.78 is 1.03. The molecule has 1 aliphatic rings. The van der Waals surface area contributed by atoms with Crippen LogP contribution in [0.4, 0.5) is 0 Å². The standard InChI is InChI=1S/C13H17BrClN/c14-12-10(5-4-6-11(12)15)13(9-16)7-2-1-3-8-13/h4-6H,1-3,7-9,16H2. The van der Waals surface area contributed by atoms with E-state index in [1.54, 1.807) is 0 Å². The second kappa shape index (κ2) is 5.07. The fourth-order valence-electron chi connectivity index (χ4n) is 2.73. The first-order chi connectivity index (χ1) is 7.69. The van der Waals surface area contributed by atoms with Crippen LogP contribution >= 0.6 is 27.5 Å². The monoisotopic (exact) mass is 301 g/mol. The van der Waals surface area contributed by atoms with Crippen molar-refractivity contribution in [3.63, 3.8) is 0 Å². The molecule has 1 aliphatic carbocycles. The lowest BCUT2D eigenvalue weighted by atomic mass is 9.69. The molecule has 2 N–H and O–H groups in total. The van der Waals surface area contributed by atoms with Crippen molar-refractivity contribution in [3.8, 4) is 0 Å². The van der Waals surface area contributed by atoms with E-state index in [9.17, 15) is 0 Å². The molecule has 0 aliphatic heterocycles. The van der Waals surface area contributed by atoms with Crippen LogP contribution in [0.2, 0.25) is 5.02 Å². The zero-order chi connectivity index (χ0) is 11.6. The molecule has 1 nitrogen and oxygen atoms in total. The number of hydrogen-bond acceptors (Lipinski definition) is 1. The fraction of sp³-hybridized carbons (Fsp3) is 0.538. The van der Waals surface area contributed by atoms with Crippen molar-refractivity contribution in [1.82, 2.24) is 0 Å². The van der Waals surface area contributed by atoms with E-state index in [-0.39, 0.29) is 5.41 Å². The highest BCUT2D eigenvalue weighted by molar-refractivity contribution is 9.10. The highest BCUT2D eigenvalue weighted by Crippen LogP contribution is 2.43. The maximum absolute atomic E-state index is 6.16. The minimum Gasteiger partial charge on any atom is -0.330 e. The van der Waals surface area contributed by atoms with Crippen LogP contribution in [0.15, 0.2) is 22.7 Å². The van der Waals surface area contributed by atoms with Crippen LogP contribution in [0.3, 0.4) is 0 Å². The van der Waals surface area contributed by atoms with Gasteiger partial charge in [0.05, 0.1) is 5.02 Å². The van der Waals surface area contributed by atoms with E-state index >= 15 is 0 Å². The summed E-state index contributed by atoms with van der Waals surface area (Å²) in [5, 5.41) is 0.788. The van der Waals surface area contributed by atoms with Gasteiger partial charge in [-0.15, -0.1) is 0 Å². The molecule has 1 fully saturated rings. The van der Waals surface area contributed by atoms with Gasteiger partial charge in [-0.3, -0.25) is 0 Å². The minimum atomic E-state index is 0.141. The summed E-state index contributed by atoms with van der Waals surface area (Å²) in [5.41, 5.74) is 7.46. The Morgan fingerprint density at radius 2 is 1.94 bits per heavy atom. The van der Waals surface area contributed by atoms with Gasteiger partial charge >= 0.3 is 0 Å². The molecule has 0 radical (unpaired) electrons. The van der Waals surface area contributed by atoms with Gasteiger partial charge in [-0.1, -0.05) is 43.0 Å². The molecule has 88 valence electrons. The smallest absolute Gasteiger partial charge is 0.0551 e. The molecule has 16 heavy (non-hydrogen) atoms. The molecule has 1 aromatic carbocycles. The van der Waals surface area contributed by atoms with Gasteiger partial charge in [0.25, 0.3) is 0 Å². The SMILES string of the molecule is NCC1(c2cccc(Cl)c2Br)CCCCC1. The first-order valence-electron chi connectivity index (χ1n) is 5.84. The zero-order valence-corrected chi connectivity index (χ0v) is 11.6. The first-order valence-corrected chi connectivity index (χ1v) is 7.01. The van der Waals surface area contributed by atoms with Crippen LogP contribution in [0, 0.1) is 0 Å². The Hall–Kier alpha value is -0.0500. The molecule has 0 unspecified atom stereocenters. The largest absolute Gasteiger partial charge is 0.330 e. The molecule has 0 bridgehead atoms. The van der Waals surface area contributed by atoms with Gasteiger partial charge in [0, 0.05) is 16.4 Å². The molecule has 0 heterocycles. The van der Waals surface area contributed by atoms with Crippen LogP contribution in [0.5, 0.6) is 0 Å². The molecule has 1 aromatic rings. The third-order valence-corrected chi connectivity index (χ3v) is 5.12. The van der Waals surface area contributed by atoms with Gasteiger partial charge in [-0.25, -0.2) is 0 Å². The number of nitrogens with two attached hydrogens (primary N) is 1. The zero-order valence-electron chi connectivity index (χ0n) is 9.31. The van der Waals surface area contributed by atoms with Crippen molar-refractivity contribution in [2.75, 3.05) is 6.54 Å². The summed E-state index contributed by atoms with van der Waals surface area (Å²) in [6.07, 6.45) is 6.25. The van der Waals surface area contributed by atoms with E-state index in [4.69, 9.17) is 17.3 Å². The molecular weight excluding hydrogens is 286 g/mol. The van der Waals surface area contributed by atoms with Gasteiger partial charge in [-0.05, 0) is 40.4 Å². The van der Waals surface area contributed by atoms with E-state index in [0.717, 1.165) is 9.50 Å². The van der Waals surface area contributed by atoms with Crippen molar-refractivity contribution in [3.05, 3.63) is 33.3 Å². The molecular formula is C13H17BrClN. The molecule has 2 rings (SSSR count). The number of rotatable bonds is 2. The Bertz CT molecular complexity index is 372. The molecule has 0 spiro atoms. The van der Waals surface area contributed by atoms with E-state index in [2.05, 4.69) is 22.0 Å². The topological polar surface area (TPSA) is 26.0 Å². The van der Waals surface area contributed by atoms with Crippen molar-refractivity contribution in [2.45, 2.75) is 37.5 Å². The molecule has 3 heteroatoms. The van der Waals surface area contributed by atoms with Gasteiger partial charge in [0.1, 0.15) is 0 Å². The van der Waals surface area contributed by atoms with E-state index in [1.807, 2.05) is 12.1 Å². The molecule has 1 saturated carbocycles. The Balaban J connectivity index is 2.43. The van der Waals surface area contributed by atoms with Crippen molar-refractivity contribution in [1.29, 1.82) is 0 Å². The van der Waals surface area contributed by atoms with Crippen LogP contribution < -0.4 is 5.73 Å². The predicted molar refractivity (Wildman–Crippen MR) is 73.0 cm³/mol. The predicted octanol–water partition coefficient (Wildman–Crippen LogP) is 4.26. The van der Waals surface area contributed by atoms with Crippen molar-refractivity contribution < 1.29 is 0 Å². The second-order valence-corrected chi connectivity index (χ2v) is 5.85. The average Bonchev–Trinajstić information content (AvgIpc) is 2.33. The molecule has 0 aromatic heterocycles. The Kier molecular flexibility index (Phi) is 3.93. The van der Waals surface area contributed by atoms with Crippen LogP contribution in [0.1, 0.15) is 37.7 Å². The van der Waals surface area contributed by atoms with Gasteiger partial charge in [0.2, 0.25) is 0 Å². The van der Waals surface area contributed by atoms with E-state index in [1.165, 1.54) is 37.7 Å². The van der Waals surface area contributed by atoms with Gasteiger partial charge in [0.15, 0.2) is 0 Å². The number of benzene rings is 1. The highest BCUT2D eigenvalue weighted by Gasteiger charge is 2.34. The lowest BCUT2D eigenvalue weighted by Gasteiger charge is -2.37. The Morgan fingerprint density at radius 1 is 1.25 bits per heavy atom.